The van der Waals surface area contributed by atoms with Gasteiger partial charge in [0.2, 0.25) is 0 Å². The largest absolute Gasteiger partial charge is 0.573 e. The molecule has 256 valence electrons. The molecule has 0 saturated heterocycles. The van der Waals surface area contributed by atoms with Crippen LogP contribution in [0.4, 0.5) is 43.9 Å². The Bertz CT molecular complexity index is 1930. The normalized spacial score (nSPS) is 11.9. The van der Waals surface area contributed by atoms with Gasteiger partial charge in [-0.05, 0) is 83.1 Å². The highest BCUT2D eigenvalue weighted by Crippen LogP contribution is 2.39. The molecule has 5 aromatic rings. The Morgan fingerprint density at radius 1 is 0.531 bits per heavy atom. The van der Waals surface area contributed by atoms with Gasteiger partial charge in [0.1, 0.15) is 29.0 Å². The first-order valence-electron chi connectivity index (χ1n) is 15.0. The third kappa shape index (κ3) is 8.36. The summed E-state index contributed by atoms with van der Waals surface area (Å²) >= 11 is 0. The van der Waals surface area contributed by atoms with Crippen molar-refractivity contribution < 1.29 is 53.4 Å². The zero-order chi connectivity index (χ0) is 35.5. The second-order valence-electron chi connectivity index (χ2n) is 11.1. The van der Waals surface area contributed by atoms with Gasteiger partial charge in [0.25, 0.3) is 0 Å². The van der Waals surface area contributed by atoms with Crippen LogP contribution in [-0.4, -0.2) is 6.36 Å². The number of unbranched alkanes of at least 4 members (excludes halogenated alkanes) is 2. The number of aryl methyl sites for hydroxylation is 1. The maximum atomic E-state index is 15.3. The van der Waals surface area contributed by atoms with Crippen LogP contribution < -0.4 is 9.47 Å². The van der Waals surface area contributed by atoms with Crippen molar-refractivity contribution in [1.82, 2.24) is 0 Å². The Labute approximate surface area is 274 Å². The predicted octanol–water partition coefficient (Wildman–Crippen LogP) is 12.1. The van der Waals surface area contributed by atoms with Crippen molar-refractivity contribution in [1.29, 1.82) is 0 Å². The Morgan fingerprint density at radius 2 is 1.14 bits per heavy atom. The SMILES string of the molecule is CCCCCc1ccc(-c2ccc(-c3cc(F)c(-c4ccc(C(F)(F)Oc5ccc(OC(F)(F)F)c(F)c5)c(F)c4)c(F)c3)c(F)c2)cc1. The lowest BCUT2D eigenvalue weighted by molar-refractivity contribution is -0.275. The van der Waals surface area contributed by atoms with Crippen LogP contribution in [0.3, 0.4) is 0 Å². The summed E-state index contributed by atoms with van der Waals surface area (Å²) in [4.78, 5) is 0. The van der Waals surface area contributed by atoms with Gasteiger partial charge in [0.15, 0.2) is 11.6 Å². The molecule has 0 N–H and O–H groups in total. The summed E-state index contributed by atoms with van der Waals surface area (Å²) in [6.07, 6.45) is -5.53. The molecule has 0 aromatic heterocycles. The molecule has 0 radical (unpaired) electrons. The van der Waals surface area contributed by atoms with Gasteiger partial charge < -0.3 is 9.47 Å². The molecule has 5 aromatic carbocycles. The summed E-state index contributed by atoms with van der Waals surface area (Å²) in [6, 6.07) is 16.3. The minimum atomic E-state index is -5.25. The van der Waals surface area contributed by atoms with Crippen LogP contribution in [0.15, 0.2) is 91.0 Å². The van der Waals surface area contributed by atoms with E-state index in [4.69, 9.17) is 0 Å². The molecule has 0 bridgehead atoms. The van der Waals surface area contributed by atoms with E-state index in [1.165, 1.54) is 12.1 Å². The lowest BCUT2D eigenvalue weighted by atomic mass is 9.95. The molecule has 0 saturated carbocycles. The second kappa shape index (κ2) is 14.2. The van der Waals surface area contributed by atoms with Gasteiger partial charge in [0.05, 0.1) is 11.1 Å². The maximum Gasteiger partial charge on any atom is 0.573 e. The molecule has 0 aliphatic heterocycles. The van der Waals surface area contributed by atoms with Gasteiger partial charge in [-0.3, -0.25) is 0 Å². The van der Waals surface area contributed by atoms with E-state index >= 15 is 13.2 Å². The van der Waals surface area contributed by atoms with Gasteiger partial charge in [-0.25, -0.2) is 22.0 Å². The average molecular weight is 693 g/mol. The Morgan fingerprint density at radius 3 is 1.73 bits per heavy atom. The topological polar surface area (TPSA) is 18.5 Å². The van der Waals surface area contributed by atoms with E-state index in [2.05, 4.69) is 16.4 Å². The fraction of sp³-hybridized carbons (Fsp3) is 0.189. The van der Waals surface area contributed by atoms with Crippen molar-refractivity contribution in [2.24, 2.45) is 0 Å². The molecule has 12 heteroatoms. The average Bonchev–Trinajstić information content (AvgIpc) is 3.01. The standard InChI is InChI=1S/C37H26F10O2/c1-2-3-4-5-21-6-8-22(9-7-21)23-10-13-27(29(38)16-23)25-18-32(41)35(33(42)19-25)24-11-14-28(30(39)17-24)36(43,44)48-26-12-15-34(31(40)20-26)49-37(45,46)47/h6-20H,2-5H2,1H3. The molecule has 0 heterocycles. The van der Waals surface area contributed by atoms with E-state index in [1.54, 1.807) is 6.07 Å². The number of benzene rings is 5. The summed E-state index contributed by atoms with van der Waals surface area (Å²) in [6.45, 7) is 2.12. The van der Waals surface area contributed by atoms with Crippen molar-refractivity contribution in [3.63, 3.8) is 0 Å². The zero-order valence-electron chi connectivity index (χ0n) is 25.6. The number of alkyl halides is 5. The summed E-state index contributed by atoms with van der Waals surface area (Å²) in [5, 5.41) is 0. The van der Waals surface area contributed by atoms with E-state index in [9.17, 15) is 30.7 Å². The number of rotatable bonds is 11. The van der Waals surface area contributed by atoms with Crippen LogP contribution in [0.25, 0.3) is 33.4 Å². The highest BCUT2D eigenvalue weighted by Gasteiger charge is 2.39. The third-order valence-corrected chi connectivity index (χ3v) is 7.62. The molecule has 49 heavy (non-hydrogen) atoms. The van der Waals surface area contributed by atoms with Crippen LogP contribution in [0.2, 0.25) is 0 Å². The first kappa shape index (κ1) is 35.3. The lowest BCUT2D eigenvalue weighted by Gasteiger charge is -2.20. The summed E-state index contributed by atoms with van der Waals surface area (Å²) in [5.41, 5.74) is -0.503. The van der Waals surface area contributed by atoms with Gasteiger partial charge in [-0.2, -0.15) is 8.78 Å². The smallest absolute Gasteiger partial charge is 0.429 e. The zero-order valence-corrected chi connectivity index (χ0v) is 25.6. The summed E-state index contributed by atoms with van der Waals surface area (Å²) in [7, 11) is 0. The molecule has 5 rings (SSSR count). The molecule has 2 nitrogen and oxygen atoms in total. The Balaban J connectivity index is 1.35. The molecule has 0 aliphatic rings. The van der Waals surface area contributed by atoms with Crippen LogP contribution in [-0.2, 0) is 12.5 Å². The lowest BCUT2D eigenvalue weighted by Crippen LogP contribution is -2.23. The minimum absolute atomic E-state index is 0.114. The number of halogens is 10. The molecule has 0 fully saturated rings. The summed E-state index contributed by atoms with van der Waals surface area (Å²) < 4.78 is 149. The van der Waals surface area contributed by atoms with Crippen LogP contribution in [0.1, 0.15) is 37.3 Å². The van der Waals surface area contributed by atoms with Crippen molar-refractivity contribution in [3.8, 4) is 44.9 Å². The molecule has 0 spiro atoms. The van der Waals surface area contributed by atoms with E-state index in [-0.39, 0.29) is 17.2 Å². The fourth-order valence-electron chi connectivity index (χ4n) is 5.24. The maximum absolute atomic E-state index is 15.3. The Kier molecular flexibility index (Phi) is 10.3. The van der Waals surface area contributed by atoms with Gasteiger partial charge >= 0.3 is 12.5 Å². The minimum Gasteiger partial charge on any atom is -0.429 e. The molecule has 0 amide bonds. The number of hydrogen-bond acceptors (Lipinski definition) is 2. The van der Waals surface area contributed by atoms with E-state index in [1.807, 2.05) is 24.3 Å². The molecular formula is C37H26F10O2. The molecule has 0 atom stereocenters. The first-order valence-corrected chi connectivity index (χ1v) is 15.0. The van der Waals surface area contributed by atoms with Crippen molar-refractivity contribution in [2.45, 2.75) is 45.1 Å². The second-order valence-corrected chi connectivity index (χ2v) is 11.1. The van der Waals surface area contributed by atoms with Gasteiger partial charge in [-0.15, -0.1) is 13.2 Å². The first-order chi connectivity index (χ1) is 23.1. The number of hydrogen-bond donors (Lipinski definition) is 0. The van der Waals surface area contributed by atoms with Gasteiger partial charge in [-0.1, -0.05) is 62.2 Å². The quantitative estimate of drug-likeness (QED) is 0.101. The highest BCUT2D eigenvalue weighted by molar-refractivity contribution is 5.75. The van der Waals surface area contributed by atoms with Crippen LogP contribution >= 0.6 is 0 Å². The van der Waals surface area contributed by atoms with Crippen LogP contribution in [0, 0.1) is 29.1 Å². The van der Waals surface area contributed by atoms with Crippen molar-refractivity contribution in [2.75, 3.05) is 0 Å². The van der Waals surface area contributed by atoms with Gasteiger partial charge in [0, 0.05) is 11.6 Å². The monoisotopic (exact) mass is 692 g/mol. The Hall–Kier alpha value is -5.00. The van der Waals surface area contributed by atoms with E-state index in [0.717, 1.165) is 55.0 Å². The number of ether oxygens (including phenoxy) is 2. The summed E-state index contributed by atoms with van der Waals surface area (Å²) in [5.74, 6) is -8.85. The highest BCUT2D eigenvalue weighted by atomic mass is 19.4. The van der Waals surface area contributed by atoms with E-state index in [0.29, 0.717) is 29.8 Å². The van der Waals surface area contributed by atoms with Crippen molar-refractivity contribution in [3.05, 3.63) is 131 Å². The third-order valence-electron chi connectivity index (χ3n) is 7.62. The van der Waals surface area contributed by atoms with Crippen molar-refractivity contribution >= 4 is 0 Å². The molecule has 0 aliphatic carbocycles. The van der Waals surface area contributed by atoms with E-state index < -0.39 is 69.7 Å². The predicted molar refractivity (Wildman–Crippen MR) is 163 cm³/mol. The van der Waals surface area contributed by atoms with Crippen LogP contribution in [0.5, 0.6) is 11.5 Å². The molecule has 0 unspecified atom stereocenters. The fourth-order valence-corrected chi connectivity index (χ4v) is 5.24. The molecular weight excluding hydrogens is 666 g/mol.